The number of anilines is 1. The summed E-state index contributed by atoms with van der Waals surface area (Å²) in [5.41, 5.74) is 9.11. The van der Waals surface area contributed by atoms with E-state index in [0.717, 1.165) is 29.2 Å². The number of rotatable bonds is 2. The van der Waals surface area contributed by atoms with E-state index >= 15 is 0 Å². The molecule has 96 valence electrons. The number of aryl methyl sites for hydroxylation is 1. The first-order chi connectivity index (χ1) is 8.74. The Hall–Kier alpha value is -1.58. The maximum atomic E-state index is 6.04. The van der Waals surface area contributed by atoms with Gasteiger partial charge in [0.1, 0.15) is 5.52 Å². The fourth-order valence-corrected chi connectivity index (χ4v) is 2.97. The van der Waals surface area contributed by atoms with Crippen LogP contribution in [0.1, 0.15) is 37.8 Å². The quantitative estimate of drug-likeness (QED) is 0.883. The van der Waals surface area contributed by atoms with Crippen molar-refractivity contribution in [3.63, 3.8) is 0 Å². The molecule has 0 radical (unpaired) electrons. The maximum Gasteiger partial charge on any atom is 0.201 e. The van der Waals surface area contributed by atoms with Crippen molar-refractivity contribution in [1.29, 1.82) is 0 Å². The number of nitrogen functional groups attached to an aromatic ring is 1. The van der Waals surface area contributed by atoms with E-state index in [1.54, 1.807) is 0 Å². The first-order valence-electron chi connectivity index (χ1n) is 6.82. The maximum absolute atomic E-state index is 6.04. The number of nitrogens with two attached hydrogens (primary N) is 1. The Balaban J connectivity index is 1.94. The Bertz CT molecular complexity index is 552. The molecule has 0 aromatic carbocycles. The second-order valence-corrected chi connectivity index (χ2v) is 5.40. The van der Waals surface area contributed by atoms with Crippen LogP contribution in [-0.2, 0) is 6.54 Å². The molecular formula is C14H20N4. The van der Waals surface area contributed by atoms with Gasteiger partial charge in [0.15, 0.2) is 0 Å². The van der Waals surface area contributed by atoms with Gasteiger partial charge >= 0.3 is 0 Å². The molecule has 2 aromatic rings. The molecule has 0 spiro atoms. The first-order valence-corrected chi connectivity index (χ1v) is 6.82. The number of pyridine rings is 1. The van der Waals surface area contributed by atoms with Crippen molar-refractivity contribution < 1.29 is 0 Å². The lowest BCUT2D eigenvalue weighted by Crippen LogP contribution is -2.15. The van der Waals surface area contributed by atoms with Gasteiger partial charge in [-0.15, -0.1) is 0 Å². The molecule has 0 bridgehead atoms. The summed E-state index contributed by atoms with van der Waals surface area (Å²) in [4.78, 5) is 8.68. The van der Waals surface area contributed by atoms with Crippen LogP contribution in [0.2, 0.25) is 0 Å². The highest BCUT2D eigenvalue weighted by Crippen LogP contribution is 2.27. The average Bonchev–Trinajstić information content (AvgIpc) is 2.67. The fourth-order valence-electron chi connectivity index (χ4n) is 2.97. The first kappa shape index (κ1) is 11.5. The standard InChI is InChI=1S/C14H20N4/c1-10-7-13-12(8-16-10)17-14(15)18(13)9-11-5-3-2-4-6-11/h7-8,11H,2-6,9H2,1H3,(H2,15,17). The number of hydrogen-bond acceptors (Lipinski definition) is 3. The Morgan fingerprint density at radius 1 is 1.33 bits per heavy atom. The molecule has 0 aliphatic heterocycles. The summed E-state index contributed by atoms with van der Waals surface area (Å²) in [6.07, 6.45) is 8.57. The molecule has 2 N–H and O–H groups in total. The Labute approximate surface area is 107 Å². The number of aromatic nitrogens is 3. The Kier molecular flexibility index (Phi) is 2.94. The van der Waals surface area contributed by atoms with Gasteiger partial charge in [-0.2, -0.15) is 0 Å². The van der Waals surface area contributed by atoms with Gasteiger partial charge in [-0.1, -0.05) is 19.3 Å². The van der Waals surface area contributed by atoms with Gasteiger partial charge in [0.25, 0.3) is 0 Å². The molecule has 1 saturated carbocycles. The van der Waals surface area contributed by atoms with Crippen LogP contribution in [0.3, 0.4) is 0 Å². The lowest BCUT2D eigenvalue weighted by Gasteiger charge is -2.22. The lowest BCUT2D eigenvalue weighted by atomic mass is 9.89. The van der Waals surface area contributed by atoms with Crippen LogP contribution >= 0.6 is 0 Å². The minimum atomic E-state index is 0.628. The molecule has 1 aliphatic carbocycles. The van der Waals surface area contributed by atoms with Gasteiger partial charge in [0.2, 0.25) is 5.95 Å². The number of fused-ring (bicyclic) bond motifs is 1. The van der Waals surface area contributed by atoms with Gasteiger partial charge in [-0.3, -0.25) is 4.98 Å². The number of imidazole rings is 1. The molecule has 3 rings (SSSR count). The lowest BCUT2D eigenvalue weighted by molar-refractivity contribution is 0.323. The summed E-state index contributed by atoms with van der Waals surface area (Å²) in [7, 11) is 0. The normalized spacial score (nSPS) is 17.4. The van der Waals surface area contributed by atoms with Crippen LogP contribution in [0.4, 0.5) is 5.95 Å². The summed E-state index contributed by atoms with van der Waals surface area (Å²) in [6.45, 7) is 3.01. The number of nitrogens with zero attached hydrogens (tertiary/aromatic N) is 3. The van der Waals surface area contributed by atoms with Crippen LogP contribution in [0, 0.1) is 12.8 Å². The van der Waals surface area contributed by atoms with Crippen molar-refractivity contribution in [3.05, 3.63) is 18.0 Å². The van der Waals surface area contributed by atoms with Crippen molar-refractivity contribution in [3.8, 4) is 0 Å². The van der Waals surface area contributed by atoms with E-state index < -0.39 is 0 Å². The molecule has 0 atom stereocenters. The van der Waals surface area contributed by atoms with E-state index in [0.29, 0.717) is 5.95 Å². The van der Waals surface area contributed by atoms with E-state index in [1.807, 2.05) is 13.1 Å². The van der Waals surface area contributed by atoms with Gasteiger partial charge in [-0.25, -0.2) is 4.98 Å². The largest absolute Gasteiger partial charge is 0.369 e. The molecule has 4 nitrogen and oxygen atoms in total. The third-order valence-electron chi connectivity index (χ3n) is 3.97. The predicted molar refractivity (Wildman–Crippen MR) is 73.3 cm³/mol. The van der Waals surface area contributed by atoms with E-state index in [4.69, 9.17) is 5.73 Å². The van der Waals surface area contributed by atoms with Gasteiger partial charge < -0.3 is 10.3 Å². The Morgan fingerprint density at radius 2 is 2.11 bits per heavy atom. The van der Waals surface area contributed by atoms with Gasteiger partial charge in [-0.05, 0) is 31.7 Å². The van der Waals surface area contributed by atoms with E-state index in [9.17, 15) is 0 Å². The zero-order valence-electron chi connectivity index (χ0n) is 10.9. The van der Waals surface area contributed by atoms with E-state index in [2.05, 4.69) is 20.6 Å². The Morgan fingerprint density at radius 3 is 2.89 bits per heavy atom. The summed E-state index contributed by atoms with van der Waals surface area (Å²) >= 11 is 0. The molecule has 4 heteroatoms. The molecule has 0 amide bonds. The molecule has 0 saturated heterocycles. The van der Waals surface area contributed by atoms with Crippen molar-refractivity contribution >= 4 is 17.0 Å². The second kappa shape index (κ2) is 4.59. The highest BCUT2D eigenvalue weighted by atomic mass is 15.2. The van der Waals surface area contributed by atoms with Crippen LogP contribution in [-0.4, -0.2) is 14.5 Å². The molecule has 2 heterocycles. The van der Waals surface area contributed by atoms with Crippen molar-refractivity contribution in [2.24, 2.45) is 5.92 Å². The number of hydrogen-bond donors (Lipinski definition) is 1. The van der Waals surface area contributed by atoms with Crippen LogP contribution in [0.15, 0.2) is 12.3 Å². The highest BCUT2D eigenvalue weighted by Gasteiger charge is 2.17. The highest BCUT2D eigenvalue weighted by molar-refractivity contribution is 5.77. The SMILES string of the molecule is Cc1cc2c(cn1)nc(N)n2CC1CCCCC1. The fraction of sp³-hybridized carbons (Fsp3) is 0.571. The third-order valence-corrected chi connectivity index (χ3v) is 3.97. The van der Waals surface area contributed by atoms with Gasteiger partial charge in [0, 0.05) is 12.2 Å². The average molecular weight is 244 g/mol. The minimum Gasteiger partial charge on any atom is -0.369 e. The smallest absolute Gasteiger partial charge is 0.201 e. The second-order valence-electron chi connectivity index (χ2n) is 5.40. The zero-order chi connectivity index (χ0) is 12.5. The van der Waals surface area contributed by atoms with Crippen molar-refractivity contribution in [2.75, 3.05) is 5.73 Å². The van der Waals surface area contributed by atoms with Crippen molar-refractivity contribution in [1.82, 2.24) is 14.5 Å². The predicted octanol–water partition coefficient (Wildman–Crippen LogP) is 2.90. The summed E-state index contributed by atoms with van der Waals surface area (Å²) in [6, 6.07) is 2.08. The van der Waals surface area contributed by atoms with Gasteiger partial charge in [0.05, 0.1) is 11.7 Å². The summed E-state index contributed by atoms with van der Waals surface area (Å²) in [5.74, 6) is 1.38. The molecule has 0 unspecified atom stereocenters. The van der Waals surface area contributed by atoms with Crippen molar-refractivity contribution in [2.45, 2.75) is 45.6 Å². The monoisotopic (exact) mass is 244 g/mol. The van der Waals surface area contributed by atoms with E-state index in [-0.39, 0.29) is 0 Å². The molecule has 18 heavy (non-hydrogen) atoms. The van der Waals surface area contributed by atoms with Crippen LogP contribution in [0.5, 0.6) is 0 Å². The van der Waals surface area contributed by atoms with Crippen LogP contribution in [0.25, 0.3) is 11.0 Å². The molecule has 1 aliphatic rings. The third kappa shape index (κ3) is 2.07. The van der Waals surface area contributed by atoms with Crippen LogP contribution < -0.4 is 5.73 Å². The van der Waals surface area contributed by atoms with E-state index in [1.165, 1.54) is 32.1 Å². The summed E-state index contributed by atoms with van der Waals surface area (Å²) in [5, 5.41) is 0. The minimum absolute atomic E-state index is 0.628. The molecule has 1 fully saturated rings. The summed E-state index contributed by atoms with van der Waals surface area (Å²) < 4.78 is 2.17. The molecule has 2 aromatic heterocycles. The zero-order valence-corrected chi connectivity index (χ0v) is 10.9. The topological polar surface area (TPSA) is 56.7 Å². The molecular weight excluding hydrogens is 224 g/mol.